The summed E-state index contributed by atoms with van der Waals surface area (Å²) in [5.74, 6) is 0.113. The molecule has 2 amide bonds. The van der Waals surface area contributed by atoms with E-state index in [1.807, 2.05) is 25.7 Å². The van der Waals surface area contributed by atoms with Gasteiger partial charge >= 0.3 is 6.09 Å². The average molecular weight is 371 g/mol. The maximum absolute atomic E-state index is 12.5. The van der Waals surface area contributed by atoms with Crippen LogP contribution >= 0.6 is 11.8 Å². The van der Waals surface area contributed by atoms with E-state index in [2.05, 4.69) is 13.8 Å². The summed E-state index contributed by atoms with van der Waals surface area (Å²) in [5, 5.41) is 0.100. The van der Waals surface area contributed by atoms with Gasteiger partial charge in [-0.2, -0.15) is 0 Å². The Labute approximate surface area is 154 Å². The molecule has 0 aliphatic carbocycles. The first-order chi connectivity index (χ1) is 11.4. The summed E-state index contributed by atoms with van der Waals surface area (Å²) in [5.41, 5.74) is -0.735. The molecule has 0 aromatic rings. The molecule has 7 heteroatoms. The number of piperidine rings is 1. The van der Waals surface area contributed by atoms with Crippen molar-refractivity contribution in [3.63, 3.8) is 0 Å². The summed E-state index contributed by atoms with van der Waals surface area (Å²) in [6.45, 7) is 13.1. The van der Waals surface area contributed by atoms with Crippen LogP contribution < -0.4 is 0 Å². The third kappa shape index (κ3) is 5.12. The lowest BCUT2D eigenvalue weighted by atomic mass is 9.78. The minimum absolute atomic E-state index is 0.0460. The number of hydrogen-bond donors (Lipinski definition) is 0. The molecule has 0 aromatic heterocycles. The van der Waals surface area contributed by atoms with Gasteiger partial charge in [-0.05, 0) is 27.2 Å². The van der Waals surface area contributed by atoms with Crippen LogP contribution in [0.1, 0.15) is 54.4 Å². The van der Waals surface area contributed by atoms with E-state index in [4.69, 9.17) is 4.74 Å². The van der Waals surface area contributed by atoms with Crippen LogP contribution in [0.4, 0.5) is 4.79 Å². The van der Waals surface area contributed by atoms with Gasteiger partial charge in [-0.1, -0.05) is 25.6 Å². The first-order valence-electron chi connectivity index (χ1n) is 8.84. The molecule has 0 aromatic carbocycles. The summed E-state index contributed by atoms with van der Waals surface area (Å²) in [7, 11) is 0. The summed E-state index contributed by atoms with van der Waals surface area (Å²) < 4.78 is 5.48. The van der Waals surface area contributed by atoms with Gasteiger partial charge in [0.2, 0.25) is 5.91 Å². The number of amides is 2. The van der Waals surface area contributed by atoms with Crippen LogP contribution in [0, 0.1) is 5.41 Å². The Hall–Kier alpha value is -1.24. The molecule has 6 nitrogen and oxygen atoms in total. The Morgan fingerprint density at radius 2 is 1.92 bits per heavy atom. The molecule has 2 saturated heterocycles. The van der Waals surface area contributed by atoms with E-state index >= 15 is 0 Å². The van der Waals surface area contributed by atoms with Crippen LogP contribution in [0.15, 0.2) is 0 Å². The van der Waals surface area contributed by atoms with Gasteiger partial charge in [0.15, 0.2) is 5.12 Å². The van der Waals surface area contributed by atoms with Crippen molar-refractivity contribution in [2.75, 3.05) is 19.6 Å². The zero-order chi connectivity index (χ0) is 19.0. The highest BCUT2D eigenvalue weighted by atomic mass is 32.2. The van der Waals surface area contributed by atoms with Crippen molar-refractivity contribution >= 4 is 28.9 Å². The fourth-order valence-corrected chi connectivity index (χ4v) is 4.65. The Morgan fingerprint density at radius 3 is 2.44 bits per heavy atom. The molecule has 142 valence electrons. The SMILES string of the molecule is CC(=O)SC1CC(=O)N(C2CCN(C(=O)OC(C)(C)C)CC2(C)C)C1. The van der Waals surface area contributed by atoms with Gasteiger partial charge in [-0.3, -0.25) is 9.59 Å². The quantitative estimate of drug-likeness (QED) is 0.748. The van der Waals surface area contributed by atoms with E-state index in [0.717, 1.165) is 6.42 Å². The van der Waals surface area contributed by atoms with Crippen molar-refractivity contribution in [1.29, 1.82) is 0 Å². The van der Waals surface area contributed by atoms with Crippen LogP contribution in [0.3, 0.4) is 0 Å². The van der Waals surface area contributed by atoms with E-state index in [1.54, 1.807) is 11.8 Å². The largest absolute Gasteiger partial charge is 0.444 e. The maximum Gasteiger partial charge on any atom is 0.410 e. The Morgan fingerprint density at radius 1 is 1.28 bits per heavy atom. The summed E-state index contributed by atoms with van der Waals surface area (Å²) >= 11 is 1.26. The van der Waals surface area contributed by atoms with Gasteiger partial charge in [-0.15, -0.1) is 0 Å². The molecule has 2 aliphatic heterocycles. The summed E-state index contributed by atoms with van der Waals surface area (Å²) in [6, 6.07) is 0.0799. The fraction of sp³-hybridized carbons (Fsp3) is 0.833. The molecule has 0 saturated carbocycles. The van der Waals surface area contributed by atoms with Crippen molar-refractivity contribution < 1.29 is 19.1 Å². The molecular formula is C18H30N2O4S. The van der Waals surface area contributed by atoms with Crippen molar-refractivity contribution in [3.8, 4) is 0 Å². The van der Waals surface area contributed by atoms with Crippen LogP contribution in [0.25, 0.3) is 0 Å². The Kier molecular flexibility index (Phi) is 5.76. The predicted octanol–water partition coefficient (Wildman–Crippen LogP) is 2.90. The second-order valence-corrected chi connectivity index (χ2v) is 10.2. The van der Waals surface area contributed by atoms with E-state index in [9.17, 15) is 14.4 Å². The van der Waals surface area contributed by atoms with Crippen LogP contribution in [-0.4, -0.2) is 63.4 Å². The maximum atomic E-state index is 12.5. The van der Waals surface area contributed by atoms with Crippen LogP contribution in [0.2, 0.25) is 0 Å². The molecule has 2 heterocycles. The number of hydrogen-bond acceptors (Lipinski definition) is 5. The molecule has 2 rings (SSSR count). The second kappa shape index (κ2) is 7.17. The van der Waals surface area contributed by atoms with Gasteiger partial charge in [-0.25, -0.2) is 4.79 Å². The first-order valence-corrected chi connectivity index (χ1v) is 9.71. The normalized spacial score (nSPS) is 26.7. The molecule has 0 spiro atoms. The molecule has 2 fully saturated rings. The summed E-state index contributed by atoms with van der Waals surface area (Å²) in [4.78, 5) is 39.8. The molecule has 2 atom stereocenters. The molecule has 25 heavy (non-hydrogen) atoms. The molecule has 0 bridgehead atoms. The highest BCUT2D eigenvalue weighted by Crippen LogP contribution is 2.37. The van der Waals surface area contributed by atoms with Crippen molar-refractivity contribution in [3.05, 3.63) is 0 Å². The van der Waals surface area contributed by atoms with Gasteiger partial charge in [0.1, 0.15) is 5.60 Å². The molecule has 0 N–H and O–H groups in total. The minimum atomic E-state index is -0.514. The number of nitrogens with zero attached hydrogens (tertiary/aromatic N) is 2. The number of ether oxygens (including phenoxy) is 1. The third-order valence-electron chi connectivity index (χ3n) is 4.66. The van der Waals surface area contributed by atoms with E-state index < -0.39 is 5.60 Å². The Balaban J connectivity index is 2.02. The van der Waals surface area contributed by atoms with E-state index in [1.165, 1.54) is 11.8 Å². The lowest BCUT2D eigenvalue weighted by Gasteiger charge is -2.47. The van der Waals surface area contributed by atoms with E-state index in [0.29, 0.717) is 26.1 Å². The Bertz CT molecular complexity index is 556. The zero-order valence-corrected chi connectivity index (χ0v) is 16.9. The lowest BCUT2D eigenvalue weighted by molar-refractivity contribution is -0.133. The number of likely N-dealkylation sites (tertiary alicyclic amines) is 2. The van der Waals surface area contributed by atoms with Gasteiger partial charge in [0, 0.05) is 49.7 Å². The predicted molar refractivity (Wildman–Crippen MR) is 98.4 cm³/mol. The third-order valence-corrected chi connectivity index (χ3v) is 5.64. The monoisotopic (exact) mass is 370 g/mol. The number of thioether (sulfide) groups is 1. The second-order valence-electron chi connectivity index (χ2n) is 8.68. The minimum Gasteiger partial charge on any atom is -0.444 e. The number of carbonyl (C=O) groups is 3. The van der Waals surface area contributed by atoms with Gasteiger partial charge in [0.05, 0.1) is 0 Å². The average Bonchev–Trinajstić information content (AvgIpc) is 2.75. The van der Waals surface area contributed by atoms with Gasteiger partial charge < -0.3 is 14.5 Å². The standard InChI is InChI=1S/C18H30N2O4S/c1-12(21)25-13-9-15(22)20(10-13)14-7-8-19(11-18(14,5)6)16(23)24-17(2,3)4/h13-14H,7-11H2,1-6H3. The molecule has 2 unspecified atom stereocenters. The van der Waals surface area contributed by atoms with Crippen molar-refractivity contribution in [2.24, 2.45) is 5.41 Å². The number of rotatable bonds is 2. The van der Waals surface area contributed by atoms with Crippen molar-refractivity contribution in [2.45, 2.75) is 71.3 Å². The summed E-state index contributed by atoms with van der Waals surface area (Å²) in [6.07, 6.45) is 0.860. The topological polar surface area (TPSA) is 66.9 Å². The molecular weight excluding hydrogens is 340 g/mol. The molecule has 0 radical (unpaired) electrons. The zero-order valence-electron chi connectivity index (χ0n) is 16.1. The van der Waals surface area contributed by atoms with Crippen molar-refractivity contribution in [1.82, 2.24) is 9.80 Å². The van der Waals surface area contributed by atoms with Crippen LogP contribution in [0.5, 0.6) is 0 Å². The first kappa shape index (κ1) is 20.1. The highest BCUT2D eigenvalue weighted by Gasteiger charge is 2.46. The molecule has 2 aliphatic rings. The smallest absolute Gasteiger partial charge is 0.410 e. The highest BCUT2D eigenvalue weighted by molar-refractivity contribution is 8.14. The van der Waals surface area contributed by atoms with Crippen LogP contribution in [-0.2, 0) is 14.3 Å². The fourth-order valence-electron chi connectivity index (χ4n) is 3.72. The number of carbonyl (C=O) groups excluding carboxylic acids is 3. The van der Waals surface area contributed by atoms with E-state index in [-0.39, 0.29) is 33.8 Å². The van der Waals surface area contributed by atoms with Gasteiger partial charge in [0.25, 0.3) is 0 Å². The lowest BCUT2D eigenvalue weighted by Crippen LogP contribution is -2.57.